The van der Waals surface area contributed by atoms with Crippen LogP contribution in [0.2, 0.25) is 0 Å². The van der Waals surface area contributed by atoms with Crippen LogP contribution in [-0.4, -0.2) is 33.7 Å². The summed E-state index contributed by atoms with van der Waals surface area (Å²) in [4.78, 5) is 4.81. The van der Waals surface area contributed by atoms with E-state index in [1.54, 1.807) is 17.5 Å². The lowest BCUT2D eigenvalue weighted by molar-refractivity contribution is -0.137. The molecule has 1 saturated carbocycles. The summed E-state index contributed by atoms with van der Waals surface area (Å²) in [5.41, 5.74) is 2.07. The molecular weight excluding hydrogens is 405 g/mol. The van der Waals surface area contributed by atoms with Crippen molar-refractivity contribution in [2.45, 2.75) is 50.7 Å². The molecule has 9 heteroatoms. The number of benzene rings is 1. The lowest BCUT2D eigenvalue weighted by atomic mass is 10.1. The minimum absolute atomic E-state index is 0.264. The zero-order valence-corrected chi connectivity index (χ0v) is 17.3. The third-order valence-electron chi connectivity index (χ3n) is 5.84. The van der Waals surface area contributed by atoms with Gasteiger partial charge in [0.25, 0.3) is 0 Å². The van der Waals surface area contributed by atoms with Crippen molar-refractivity contribution >= 4 is 23.0 Å². The van der Waals surface area contributed by atoms with E-state index >= 15 is 0 Å². The number of nitrogens with zero attached hydrogens (tertiary/aromatic N) is 3. The van der Waals surface area contributed by atoms with Crippen molar-refractivity contribution in [1.82, 2.24) is 19.9 Å². The SMILES string of the molecule is Cc1cc(Nc2cc(N[C@H]3CCCNC3)nc3c(C4CC4)cnn23)cc(C(F)(F)F)c1. The molecule has 3 heterocycles. The van der Waals surface area contributed by atoms with Crippen molar-refractivity contribution in [3.8, 4) is 0 Å². The van der Waals surface area contributed by atoms with Crippen LogP contribution in [0.3, 0.4) is 0 Å². The van der Waals surface area contributed by atoms with Crippen LogP contribution in [0.5, 0.6) is 0 Å². The Morgan fingerprint density at radius 1 is 1.13 bits per heavy atom. The Kier molecular flexibility index (Phi) is 5.00. The van der Waals surface area contributed by atoms with E-state index in [0.717, 1.165) is 62.1 Å². The van der Waals surface area contributed by atoms with Crippen LogP contribution >= 0.6 is 0 Å². The fraction of sp³-hybridized carbons (Fsp3) is 0.455. The van der Waals surface area contributed by atoms with Crippen LogP contribution in [0, 0.1) is 6.92 Å². The Bertz CT molecular complexity index is 1100. The summed E-state index contributed by atoms with van der Waals surface area (Å²) in [7, 11) is 0. The number of hydrogen-bond donors (Lipinski definition) is 3. The third-order valence-corrected chi connectivity index (χ3v) is 5.84. The lowest BCUT2D eigenvalue weighted by Gasteiger charge is -2.24. The summed E-state index contributed by atoms with van der Waals surface area (Å²) in [6, 6.07) is 6.06. The fourth-order valence-electron chi connectivity index (χ4n) is 4.18. The largest absolute Gasteiger partial charge is 0.416 e. The average Bonchev–Trinajstić information content (AvgIpc) is 3.47. The molecule has 0 amide bonds. The van der Waals surface area contributed by atoms with E-state index in [2.05, 4.69) is 21.0 Å². The van der Waals surface area contributed by atoms with Gasteiger partial charge in [0, 0.05) is 29.9 Å². The molecule has 3 aromatic rings. The van der Waals surface area contributed by atoms with Crippen molar-refractivity contribution in [1.29, 1.82) is 0 Å². The van der Waals surface area contributed by atoms with Crippen molar-refractivity contribution in [2.75, 3.05) is 23.7 Å². The van der Waals surface area contributed by atoms with Crippen LogP contribution in [0.25, 0.3) is 5.65 Å². The molecule has 164 valence electrons. The molecule has 1 aliphatic carbocycles. The van der Waals surface area contributed by atoms with Gasteiger partial charge in [-0.25, -0.2) is 4.98 Å². The maximum Gasteiger partial charge on any atom is 0.416 e. The van der Waals surface area contributed by atoms with Crippen LogP contribution in [0.1, 0.15) is 48.3 Å². The van der Waals surface area contributed by atoms with E-state index in [9.17, 15) is 13.2 Å². The highest BCUT2D eigenvalue weighted by molar-refractivity contribution is 5.67. The topological polar surface area (TPSA) is 66.3 Å². The first-order valence-corrected chi connectivity index (χ1v) is 10.7. The lowest BCUT2D eigenvalue weighted by Crippen LogP contribution is -2.38. The molecule has 0 spiro atoms. The van der Waals surface area contributed by atoms with Gasteiger partial charge in [-0.1, -0.05) is 0 Å². The molecule has 0 unspecified atom stereocenters. The Hall–Kier alpha value is -2.81. The maximum absolute atomic E-state index is 13.3. The van der Waals surface area contributed by atoms with Crippen LogP contribution < -0.4 is 16.0 Å². The number of hydrogen-bond acceptors (Lipinski definition) is 5. The molecule has 3 N–H and O–H groups in total. The normalized spacial score (nSPS) is 19.5. The van der Waals surface area contributed by atoms with Gasteiger partial charge in [-0.15, -0.1) is 0 Å². The standard InChI is InChI=1S/C22H25F3N6/c1-13-7-15(22(23,24)25)9-17(8-13)29-20-10-19(28-16-3-2-6-26-11-16)30-21-18(14-4-5-14)12-27-31(20)21/h7-10,12,14,16,26,29H,2-6,11H2,1H3,(H,28,30)/t16-/m0/s1. The van der Waals surface area contributed by atoms with Gasteiger partial charge in [0.1, 0.15) is 11.6 Å². The highest BCUT2D eigenvalue weighted by atomic mass is 19.4. The molecule has 6 nitrogen and oxygen atoms in total. The molecule has 1 saturated heterocycles. The van der Waals surface area contributed by atoms with E-state index in [1.807, 2.05) is 12.3 Å². The van der Waals surface area contributed by atoms with Gasteiger partial charge in [-0.2, -0.15) is 22.8 Å². The number of rotatable bonds is 5. The molecule has 2 aliphatic rings. The Morgan fingerprint density at radius 2 is 1.97 bits per heavy atom. The molecule has 5 rings (SSSR count). The van der Waals surface area contributed by atoms with Crippen molar-refractivity contribution in [3.05, 3.63) is 47.2 Å². The Morgan fingerprint density at radius 3 is 2.68 bits per heavy atom. The highest BCUT2D eigenvalue weighted by Crippen LogP contribution is 2.42. The first kappa shape index (κ1) is 20.1. The summed E-state index contributed by atoms with van der Waals surface area (Å²) >= 11 is 0. The van der Waals surface area contributed by atoms with Crippen molar-refractivity contribution in [3.63, 3.8) is 0 Å². The molecule has 31 heavy (non-hydrogen) atoms. The fourth-order valence-corrected chi connectivity index (χ4v) is 4.18. The molecule has 0 radical (unpaired) electrons. The number of aryl methyl sites for hydroxylation is 1. The summed E-state index contributed by atoms with van der Waals surface area (Å²) in [6.07, 6.45) is 1.79. The van der Waals surface area contributed by atoms with E-state index in [-0.39, 0.29) is 6.04 Å². The van der Waals surface area contributed by atoms with Crippen molar-refractivity contribution in [2.24, 2.45) is 0 Å². The van der Waals surface area contributed by atoms with Crippen molar-refractivity contribution < 1.29 is 13.2 Å². The molecule has 1 atom stereocenters. The number of aromatic nitrogens is 3. The number of alkyl halides is 3. The minimum Gasteiger partial charge on any atom is -0.366 e. The van der Waals surface area contributed by atoms with Gasteiger partial charge in [0.2, 0.25) is 0 Å². The molecule has 1 aliphatic heterocycles. The molecule has 2 aromatic heterocycles. The minimum atomic E-state index is -4.40. The molecular formula is C22H25F3N6. The molecule has 1 aromatic carbocycles. The van der Waals surface area contributed by atoms with Gasteiger partial charge in [0.05, 0.1) is 11.8 Å². The number of fused-ring (bicyclic) bond motifs is 1. The molecule has 0 bridgehead atoms. The third kappa shape index (κ3) is 4.32. The van der Waals surface area contributed by atoms with Gasteiger partial charge >= 0.3 is 6.18 Å². The monoisotopic (exact) mass is 430 g/mol. The summed E-state index contributed by atoms with van der Waals surface area (Å²) in [6.45, 7) is 3.53. The number of nitrogens with one attached hydrogen (secondary N) is 3. The first-order valence-electron chi connectivity index (χ1n) is 10.7. The second kappa shape index (κ2) is 7.71. The first-order chi connectivity index (χ1) is 14.9. The van der Waals surface area contributed by atoms with E-state index in [0.29, 0.717) is 28.8 Å². The van der Waals surface area contributed by atoms with E-state index < -0.39 is 11.7 Å². The Labute approximate surface area is 178 Å². The predicted molar refractivity (Wildman–Crippen MR) is 114 cm³/mol. The van der Waals surface area contributed by atoms with E-state index in [4.69, 9.17) is 4.98 Å². The smallest absolute Gasteiger partial charge is 0.366 e. The molecule has 2 fully saturated rings. The second-order valence-electron chi connectivity index (χ2n) is 8.53. The van der Waals surface area contributed by atoms with Gasteiger partial charge in [-0.05, 0) is 68.8 Å². The van der Waals surface area contributed by atoms with Crippen LogP contribution in [-0.2, 0) is 6.18 Å². The second-order valence-corrected chi connectivity index (χ2v) is 8.53. The van der Waals surface area contributed by atoms with Crippen LogP contribution in [0.4, 0.5) is 30.5 Å². The number of anilines is 3. The van der Waals surface area contributed by atoms with Crippen LogP contribution in [0.15, 0.2) is 30.5 Å². The van der Waals surface area contributed by atoms with Gasteiger partial charge in [-0.3, -0.25) is 0 Å². The average molecular weight is 430 g/mol. The predicted octanol–water partition coefficient (Wildman–Crippen LogP) is 4.84. The quantitative estimate of drug-likeness (QED) is 0.541. The maximum atomic E-state index is 13.3. The number of piperidine rings is 1. The zero-order valence-electron chi connectivity index (χ0n) is 17.3. The summed E-state index contributed by atoms with van der Waals surface area (Å²) < 4.78 is 41.6. The summed E-state index contributed by atoms with van der Waals surface area (Å²) in [5, 5.41) is 14.5. The number of halogens is 3. The van der Waals surface area contributed by atoms with Gasteiger partial charge < -0.3 is 16.0 Å². The zero-order chi connectivity index (χ0) is 21.6. The summed E-state index contributed by atoms with van der Waals surface area (Å²) in [5.74, 6) is 1.75. The highest BCUT2D eigenvalue weighted by Gasteiger charge is 2.31. The van der Waals surface area contributed by atoms with Gasteiger partial charge in [0.15, 0.2) is 5.65 Å². The van der Waals surface area contributed by atoms with E-state index in [1.165, 1.54) is 0 Å². The Balaban J connectivity index is 1.53.